The number of pyridine rings is 2. The zero-order valence-corrected chi connectivity index (χ0v) is 38.3. The number of fused-ring (bicyclic) bond motifs is 4. The smallest absolute Gasteiger partial charge is 0.257 e. The number of nitrogens with one attached hydrogen (secondary N) is 3. The Morgan fingerprint density at radius 3 is 2.29 bits per heavy atom. The number of nitrogens with two attached hydrogens (primary N) is 2. The van der Waals surface area contributed by atoms with Crippen molar-refractivity contribution >= 4 is 59.4 Å². The number of thiol groups is 1. The summed E-state index contributed by atoms with van der Waals surface area (Å²) in [6.07, 6.45) is 2.77. The molecule has 0 saturated carbocycles. The van der Waals surface area contributed by atoms with Crippen molar-refractivity contribution in [2.24, 2.45) is 17.4 Å². The lowest BCUT2D eigenvalue weighted by atomic mass is 9.85. The van der Waals surface area contributed by atoms with Crippen LogP contribution in [0.25, 0.3) is 22.3 Å². The van der Waals surface area contributed by atoms with Gasteiger partial charge < -0.3 is 51.0 Å². The maximum atomic E-state index is 14.6. The van der Waals surface area contributed by atoms with Gasteiger partial charge in [0, 0.05) is 42.4 Å². The molecule has 1 aliphatic carbocycles. The van der Waals surface area contributed by atoms with Gasteiger partial charge in [0.05, 0.1) is 55.2 Å². The number of nitrogens with zero attached hydrogens (tertiary/aromatic N) is 2. The summed E-state index contributed by atoms with van der Waals surface area (Å²) in [5, 5.41) is 8.09. The van der Waals surface area contributed by atoms with Crippen molar-refractivity contribution < 1.29 is 47.4 Å². The van der Waals surface area contributed by atoms with Crippen LogP contribution in [0.1, 0.15) is 100 Å². The van der Waals surface area contributed by atoms with Gasteiger partial charge in [-0.05, 0) is 89.0 Å². The highest BCUT2D eigenvalue weighted by atomic mass is 32.1. The number of primary amides is 2. The molecule has 344 valence electrons. The van der Waals surface area contributed by atoms with Crippen molar-refractivity contribution in [3.63, 3.8) is 0 Å². The number of carbonyl (C=O) groups is 6. The number of methoxy groups -OCH3 is 2. The van der Waals surface area contributed by atoms with Gasteiger partial charge in [0.15, 0.2) is 6.29 Å². The van der Waals surface area contributed by atoms with Crippen LogP contribution < -0.4 is 33.0 Å². The second kappa shape index (κ2) is 21.0. The fourth-order valence-corrected chi connectivity index (χ4v) is 8.10. The first kappa shape index (κ1) is 50.4. The average molecular weight is 898 g/mol. The third kappa shape index (κ3) is 12.1. The zero-order valence-electron chi connectivity index (χ0n) is 37.4. The van der Waals surface area contributed by atoms with E-state index < -0.39 is 71.0 Å². The molecule has 63 heavy (non-hydrogen) atoms. The Bertz CT molecular complexity index is 2330. The van der Waals surface area contributed by atoms with Crippen molar-refractivity contribution in [1.29, 1.82) is 0 Å². The SMILES string of the molecule is CC(C)CC(C)(C)OCC(C)(S)C(=O)NC(C)C(=O)NCC(=O)NC(CC(N)=O)C(N)=O.COCc1c(C(C=O)OC)cc2n(c1=O)Cc1c-2nc2cc(F)c(C)c3c2c1CCC3. The van der Waals surface area contributed by atoms with Crippen LogP contribution in [0.3, 0.4) is 0 Å². The van der Waals surface area contributed by atoms with E-state index in [2.05, 4.69) is 42.4 Å². The molecule has 0 fully saturated rings. The molecule has 1 aliphatic heterocycles. The van der Waals surface area contributed by atoms with Crippen LogP contribution in [-0.4, -0.2) is 95.2 Å². The highest BCUT2D eigenvalue weighted by Crippen LogP contribution is 2.41. The predicted molar refractivity (Wildman–Crippen MR) is 236 cm³/mol. The lowest BCUT2D eigenvalue weighted by molar-refractivity contribution is -0.133. The number of aromatic nitrogens is 2. The predicted octanol–water partition coefficient (Wildman–Crippen LogP) is 2.38. The minimum absolute atomic E-state index is 0.0345. The Balaban J connectivity index is 0.000000276. The van der Waals surface area contributed by atoms with Crippen LogP contribution in [0.2, 0.25) is 0 Å². The van der Waals surface area contributed by atoms with Crippen LogP contribution in [0, 0.1) is 18.7 Å². The van der Waals surface area contributed by atoms with Crippen LogP contribution in [0.15, 0.2) is 16.9 Å². The Labute approximate surface area is 371 Å². The summed E-state index contributed by atoms with van der Waals surface area (Å²) in [4.78, 5) is 88.6. The van der Waals surface area contributed by atoms with E-state index in [1.165, 1.54) is 27.2 Å². The third-order valence-corrected chi connectivity index (χ3v) is 11.3. The first-order valence-electron chi connectivity index (χ1n) is 20.7. The molecule has 5 rings (SSSR count). The summed E-state index contributed by atoms with van der Waals surface area (Å²) in [5.41, 5.74) is 16.1. The quantitative estimate of drug-likeness (QED) is 0.0589. The first-order valence-corrected chi connectivity index (χ1v) is 21.1. The lowest BCUT2D eigenvalue weighted by Crippen LogP contribution is -2.54. The molecule has 7 N–H and O–H groups in total. The van der Waals surface area contributed by atoms with Gasteiger partial charge in [0.2, 0.25) is 29.5 Å². The maximum absolute atomic E-state index is 14.6. The summed E-state index contributed by atoms with van der Waals surface area (Å²) in [6.45, 7) is 12.9. The summed E-state index contributed by atoms with van der Waals surface area (Å²) >= 11 is 4.38. The number of aryl methyl sites for hydroxylation is 2. The number of ether oxygens (including phenoxy) is 3. The molecule has 0 saturated heterocycles. The number of halogens is 1. The van der Waals surface area contributed by atoms with E-state index in [0.29, 0.717) is 52.3 Å². The number of hydrogen-bond acceptors (Lipinski definition) is 12. The summed E-state index contributed by atoms with van der Waals surface area (Å²) < 4.78 is 31.5. The average Bonchev–Trinajstić information content (AvgIpc) is 3.58. The van der Waals surface area contributed by atoms with E-state index >= 15 is 0 Å². The van der Waals surface area contributed by atoms with Gasteiger partial charge in [0.25, 0.3) is 5.56 Å². The number of aldehydes is 1. The molecular formula is C44H60FN7O10S. The number of carbonyl (C=O) groups excluding carboxylic acids is 6. The van der Waals surface area contributed by atoms with Crippen molar-refractivity contribution in [3.8, 4) is 11.4 Å². The lowest BCUT2D eigenvalue weighted by Gasteiger charge is -2.32. The number of amides is 5. The molecular weight excluding hydrogens is 838 g/mol. The molecule has 3 aromatic rings. The van der Waals surface area contributed by atoms with Gasteiger partial charge in [0.1, 0.15) is 28.8 Å². The third-order valence-electron chi connectivity index (χ3n) is 11.0. The highest BCUT2D eigenvalue weighted by Gasteiger charge is 2.35. The number of hydrogen-bond donors (Lipinski definition) is 6. The van der Waals surface area contributed by atoms with Gasteiger partial charge in [-0.15, -0.1) is 0 Å². The van der Waals surface area contributed by atoms with Crippen LogP contribution in [0.4, 0.5) is 4.39 Å². The molecule has 2 aliphatic rings. The first-order chi connectivity index (χ1) is 29.5. The maximum Gasteiger partial charge on any atom is 0.257 e. The summed E-state index contributed by atoms with van der Waals surface area (Å²) in [6, 6.07) is 1.04. The Morgan fingerprint density at radius 1 is 1.03 bits per heavy atom. The van der Waals surface area contributed by atoms with Gasteiger partial charge in [-0.1, -0.05) is 13.8 Å². The van der Waals surface area contributed by atoms with E-state index in [-0.39, 0.29) is 24.6 Å². The molecule has 2 aromatic heterocycles. The minimum Gasteiger partial charge on any atom is -0.380 e. The molecule has 19 heteroatoms. The highest BCUT2D eigenvalue weighted by molar-refractivity contribution is 7.82. The normalized spacial score (nSPS) is 15.2. The van der Waals surface area contributed by atoms with Crippen LogP contribution >= 0.6 is 12.6 Å². The van der Waals surface area contributed by atoms with E-state index in [0.717, 1.165) is 47.8 Å². The van der Waals surface area contributed by atoms with Crippen molar-refractivity contribution in [1.82, 2.24) is 25.5 Å². The molecule has 0 spiro atoms. The monoisotopic (exact) mass is 897 g/mol. The van der Waals surface area contributed by atoms with E-state index in [4.69, 9.17) is 30.7 Å². The molecule has 17 nitrogen and oxygen atoms in total. The fourth-order valence-electron chi connectivity index (χ4n) is 7.98. The van der Waals surface area contributed by atoms with E-state index in [9.17, 15) is 38.0 Å². The van der Waals surface area contributed by atoms with Crippen molar-refractivity contribution in [2.75, 3.05) is 27.4 Å². The number of rotatable bonds is 19. The molecule has 0 radical (unpaired) electrons. The molecule has 0 bridgehead atoms. The van der Waals surface area contributed by atoms with Gasteiger partial charge in [-0.3, -0.25) is 28.8 Å². The standard InChI is InChI=1S/C24H23FN2O4.C20H37N5O6S/c1-12-13-5-4-6-14-16-9-27-20(23(16)26-19(22(13)14)8-18(12)25)7-15(21(10-28)31-3)17(11-30-2)24(27)29;1-11(2)8-19(4,5)31-10-20(6,32)18(30)24-12(3)17(29)23-9-15(27)25-13(16(22)28)7-14(21)26/h7-8,10,21H,4-6,9,11H2,1-3H3;11-13,32H,7-10H2,1-6H3,(H2,21,26)(H2,22,28)(H,23,29)(H,24,30)(H,25,27). The van der Waals surface area contributed by atoms with Gasteiger partial charge in [-0.25, -0.2) is 9.37 Å². The molecule has 3 heterocycles. The molecule has 4 unspecified atom stereocenters. The van der Waals surface area contributed by atoms with Crippen LogP contribution in [0.5, 0.6) is 0 Å². The topological polar surface area (TPSA) is 253 Å². The van der Waals surface area contributed by atoms with Crippen molar-refractivity contribution in [2.45, 2.75) is 122 Å². The molecule has 4 atom stereocenters. The number of benzene rings is 1. The molecule has 1 aromatic carbocycles. The fraction of sp³-hybridized carbons (Fsp3) is 0.545. The van der Waals surface area contributed by atoms with Crippen LogP contribution in [-0.2, 0) is 69.0 Å². The second-order valence-electron chi connectivity index (χ2n) is 17.2. The Kier molecular flexibility index (Phi) is 16.8. The van der Waals surface area contributed by atoms with E-state index in [1.807, 2.05) is 20.8 Å². The zero-order chi connectivity index (χ0) is 47.1. The van der Waals surface area contributed by atoms with Gasteiger partial charge >= 0.3 is 0 Å². The van der Waals surface area contributed by atoms with E-state index in [1.54, 1.807) is 17.6 Å². The van der Waals surface area contributed by atoms with Gasteiger partial charge in [-0.2, -0.15) is 12.6 Å². The summed E-state index contributed by atoms with van der Waals surface area (Å²) in [7, 11) is 2.94. The Morgan fingerprint density at radius 2 is 1.70 bits per heavy atom. The minimum atomic E-state index is -1.28. The van der Waals surface area contributed by atoms with Crippen molar-refractivity contribution in [3.05, 3.63) is 61.7 Å². The molecule has 5 amide bonds. The Hall–Kier alpha value is -5.24. The largest absolute Gasteiger partial charge is 0.380 e. The second-order valence-corrected chi connectivity index (χ2v) is 18.2. The summed E-state index contributed by atoms with van der Waals surface area (Å²) in [5.74, 6) is -3.49.